The molecule has 6 rings (SSSR count). The summed E-state index contributed by atoms with van der Waals surface area (Å²) in [6.45, 7) is 6.46. The van der Waals surface area contributed by atoms with Crippen LogP contribution in [0.2, 0.25) is 0 Å². The summed E-state index contributed by atoms with van der Waals surface area (Å²) in [4.78, 5) is 91.0. The molecule has 85 heavy (non-hydrogen) atoms. The monoisotopic (exact) mass is 1320 g/mol. The van der Waals surface area contributed by atoms with Crippen molar-refractivity contribution in [3.63, 3.8) is 0 Å². The number of hydrogen-bond acceptors (Lipinski definition) is 25. The smallest absolute Gasteiger partial charge is 0.478 e. The van der Waals surface area contributed by atoms with Crippen LogP contribution in [0.3, 0.4) is 0 Å². The van der Waals surface area contributed by atoms with Crippen LogP contribution in [0.4, 0.5) is 11.5 Å². The number of ether oxygens (including phenoxy) is 7. The molecule has 0 spiro atoms. The number of carboxylic acid groups (broad SMARTS) is 1. The molecule has 2 amide bonds. The molecule has 14 N–H and O–H groups in total. The van der Waals surface area contributed by atoms with Gasteiger partial charge in [-0.05, 0) is 56.7 Å². The second-order valence-electron chi connectivity index (χ2n) is 19.0. The van der Waals surface area contributed by atoms with E-state index in [-0.39, 0.29) is 136 Å². The van der Waals surface area contributed by atoms with E-state index in [1.807, 2.05) is 13.8 Å². The Hall–Kier alpha value is -4.91. The number of amides is 2. The summed E-state index contributed by atoms with van der Waals surface area (Å²) in [7, 11) is -19.2. The number of carbonyl (C=O) groups is 3. The molecule has 6 atom stereocenters. The van der Waals surface area contributed by atoms with Gasteiger partial charge in [0.05, 0.1) is 77.2 Å². The van der Waals surface area contributed by atoms with Crippen molar-refractivity contribution in [2.24, 2.45) is 5.73 Å². The summed E-state index contributed by atoms with van der Waals surface area (Å²) >= 11 is 0. The Morgan fingerprint density at radius 2 is 1.54 bits per heavy atom. The van der Waals surface area contributed by atoms with Crippen LogP contribution < -0.4 is 38.3 Å². The second-order valence-corrected chi connectivity index (χ2v) is 27.7. The Kier molecular flexibility index (Phi) is 24.7. The van der Waals surface area contributed by atoms with Crippen LogP contribution in [0.25, 0.3) is 5.57 Å². The van der Waals surface area contributed by atoms with Gasteiger partial charge in [0, 0.05) is 70.4 Å². The molecule has 0 bridgehead atoms. The highest BCUT2D eigenvalue weighted by Crippen LogP contribution is 2.66. The lowest BCUT2D eigenvalue weighted by Gasteiger charge is -2.31. The highest BCUT2D eigenvalue weighted by molar-refractivity contribution is 8.77. The number of rotatable bonds is 34. The molecular formula is C47H64N7O25P3S3. The maximum Gasteiger partial charge on any atom is 0.490 e. The minimum atomic E-state index is -5.79. The van der Waals surface area contributed by atoms with E-state index in [9.17, 15) is 60.7 Å². The number of phosphoric ester groups is 1. The molecule has 470 valence electrons. The Bertz CT molecular complexity index is 3360. The summed E-state index contributed by atoms with van der Waals surface area (Å²) in [5, 5.41) is 15.9. The summed E-state index contributed by atoms with van der Waals surface area (Å²) in [5.41, 5.74) is 18.3. The molecule has 2 aromatic carbocycles. The van der Waals surface area contributed by atoms with Crippen molar-refractivity contribution in [2.45, 2.75) is 62.8 Å². The Labute approximate surface area is 493 Å². The van der Waals surface area contributed by atoms with E-state index >= 15 is 0 Å². The minimum absolute atomic E-state index is 0.0108. The summed E-state index contributed by atoms with van der Waals surface area (Å²) in [5.74, 6) is -2.46. The number of carbonyl (C=O) groups excluding carboxylic acids is 2. The van der Waals surface area contributed by atoms with Crippen molar-refractivity contribution >= 4 is 90.0 Å². The first-order valence-corrected chi connectivity index (χ1v) is 33.5. The van der Waals surface area contributed by atoms with E-state index in [2.05, 4.69) is 24.2 Å². The number of benzene rings is 2. The lowest BCUT2D eigenvalue weighted by Crippen LogP contribution is -2.36. The Balaban J connectivity index is 0.822. The van der Waals surface area contributed by atoms with Gasteiger partial charge in [-0.25, -0.2) is 23.3 Å². The maximum atomic E-state index is 13.2. The largest absolute Gasteiger partial charge is 0.490 e. The van der Waals surface area contributed by atoms with Crippen molar-refractivity contribution in [3.8, 4) is 5.75 Å². The van der Waals surface area contributed by atoms with Crippen LogP contribution in [-0.4, -0.2) is 166 Å². The molecule has 32 nitrogen and oxygen atoms in total. The predicted molar refractivity (Wildman–Crippen MR) is 305 cm³/mol. The van der Waals surface area contributed by atoms with Gasteiger partial charge in [-0.3, -0.25) is 23.2 Å². The van der Waals surface area contributed by atoms with Crippen molar-refractivity contribution in [1.82, 2.24) is 20.2 Å². The number of nitrogen functional groups attached to an aromatic ring is 2. The fraction of sp³-hybridized carbons (Fsp3) is 0.468. The maximum absolute atomic E-state index is 13.2. The molecule has 3 aliphatic rings. The van der Waals surface area contributed by atoms with E-state index in [0.29, 0.717) is 16.8 Å². The van der Waals surface area contributed by atoms with Gasteiger partial charge in [0.25, 0.3) is 16.0 Å². The third kappa shape index (κ3) is 20.6. The van der Waals surface area contributed by atoms with Crippen LogP contribution in [0.5, 0.6) is 5.75 Å². The number of aromatic carboxylic acids is 1. The number of nitrogens with one attached hydrogen (secondary N) is 2. The van der Waals surface area contributed by atoms with E-state index in [4.69, 9.17) is 64.7 Å². The van der Waals surface area contributed by atoms with E-state index in [1.165, 1.54) is 64.2 Å². The molecule has 3 heterocycles. The quantitative estimate of drug-likeness (QED) is 0.0102. The molecule has 3 aromatic rings. The molecule has 38 heteroatoms. The average Bonchev–Trinajstić information content (AvgIpc) is 1.86. The van der Waals surface area contributed by atoms with Gasteiger partial charge in [0.2, 0.25) is 5.91 Å². The van der Waals surface area contributed by atoms with Gasteiger partial charge in [-0.15, -0.1) is 0 Å². The first kappa shape index (κ1) is 69.2. The normalized spacial score (nSPS) is 19.4. The van der Waals surface area contributed by atoms with E-state index in [1.54, 1.807) is 19.1 Å². The fourth-order valence-corrected chi connectivity index (χ4v) is 14.2. The van der Waals surface area contributed by atoms with Crippen LogP contribution >= 0.6 is 45.1 Å². The molecule has 1 saturated heterocycles. The van der Waals surface area contributed by atoms with Crippen LogP contribution in [-0.2, 0) is 70.2 Å². The van der Waals surface area contributed by atoms with Crippen molar-refractivity contribution < 1.29 is 112 Å². The lowest BCUT2D eigenvalue weighted by molar-refractivity contribution is -0.122. The third-order valence-electron chi connectivity index (χ3n) is 12.1. The van der Waals surface area contributed by atoms with Gasteiger partial charge in [0.15, 0.2) is 5.76 Å². The van der Waals surface area contributed by atoms with Gasteiger partial charge in [0.1, 0.15) is 34.7 Å². The van der Waals surface area contributed by atoms with Gasteiger partial charge in [-0.2, -0.15) is 22.0 Å². The number of hydrogen-bond donors (Lipinski definition) is 11. The second kappa shape index (κ2) is 30.3. The topological polar surface area (TPSA) is 487 Å². The summed E-state index contributed by atoms with van der Waals surface area (Å²) in [6, 6.07) is 7.27. The zero-order valence-corrected chi connectivity index (χ0v) is 50.7. The van der Waals surface area contributed by atoms with E-state index in [0.717, 1.165) is 4.57 Å². The van der Waals surface area contributed by atoms with Crippen LogP contribution in [0.1, 0.15) is 70.3 Å². The summed E-state index contributed by atoms with van der Waals surface area (Å²) in [6.07, 6.45) is 1.00. The molecule has 1 aromatic heterocycles. The molecule has 4 unspecified atom stereocenters. The zero-order chi connectivity index (χ0) is 62.5. The van der Waals surface area contributed by atoms with Crippen molar-refractivity contribution in [1.29, 1.82) is 0 Å². The zero-order valence-electron chi connectivity index (χ0n) is 45.5. The molecule has 1 fully saturated rings. The van der Waals surface area contributed by atoms with Crippen LogP contribution in [0, 0.1) is 6.92 Å². The Morgan fingerprint density at radius 3 is 2.18 bits per heavy atom. The van der Waals surface area contributed by atoms with Gasteiger partial charge >= 0.3 is 35.1 Å². The minimum Gasteiger partial charge on any atom is -0.478 e. The van der Waals surface area contributed by atoms with Gasteiger partial charge < -0.3 is 85.7 Å². The number of nitrogens with zero attached hydrogens (tertiary/aromatic N) is 2. The van der Waals surface area contributed by atoms with Crippen molar-refractivity contribution in [3.05, 3.63) is 109 Å². The number of carboxylic acids is 1. The summed E-state index contributed by atoms with van der Waals surface area (Å²) < 4.78 is 123. The highest BCUT2D eigenvalue weighted by Gasteiger charge is 2.44. The van der Waals surface area contributed by atoms with Gasteiger partial charge in [-0.1, -0.05) is 39.8 Å². The first-order valence-electron chi connectivity index (χ1n) is 25.3. The molecule has 0 saturated carbocycles. The Morgan fingerprint density at radius 1 is 0.894 bits per heavy atom. The molecule has 2 aliphatic heterocycles. The number of allylic oxidation sites excluding steroid dienone is 1. The SMILES string of the molecule is Cc1c(N)ccc2c1OC1=C(S(=O)(=O)O)C(N)C=CC1=C2c1ccc(C(=O)NCCOCCOCCOCCOCCC(=O)NCC(C)(C)SSCOC2C[C@H](n3ccc(N)nc3=O)O[C@@H]2COP(=O)(O)OP(=O)(O)OP(=O)(O)O)cc1C(=O)O. The number of fused-ring (bicyclic) bond motifs is 2. The number of nitrogens with two attached hydrogens (primary N) is 3. The number of anilines is 2. The van der Waals surface area contributed by atoms with Crippen LogP contribution in [0.15, 0.2) is 75.8 Å². The third-order valence-corrected chi connectivity index (χ3v) is 19.9. The van der Waals surface area contributed by atoms with E-state index < -0.39 is 91.9 Å². The standard InChI is InChI=1S/C47H64N7O25P3S3/c1-27-33(48)8-6-30-40(31-7-9-34(49)43(85(67,68)69)42(31)77-41(27)30)29-5-4-28(22-32(29)45(57)58)44(56)51-12-15-71-17-19-73-21-20-72-18-16-70-14-11-38(55)52-25-47(2,3)84-83-26-74-35-23-39(54-13-10-37(50)53-46(54)59)76-36(35)24-75-81(63,64)79-82(65,66)78-80(60,61)62/h4-10,13,22,34-36,39H,11-12,14-21,23-26,48-49H2,1-3H3,(H,51,56)(H,52,55)(H,57,58)(H,63,64)(H,65,66)(H2,50,53,59)(H2,60,61,62)(H,67,68,69)/t34?,35?,36-,39-/m1/s1. The number of aromatic nitrogens is 2. The highest BCUT2D eigenvalue weighted by atomic mass is 33.1. The number of phosphoric acid groups is 3. The predicted octanol–water partition coefficient (Wildman–Crippen LogP) is 2.74. The van der Waals surface area contributed by atoms with Crippen molar-refractivity contribution in [2.75, 3.05) is 90.0 Å². The first-order chi connectivity index (χ1) is 39.8. The average molecular weight is 1320 g/mol. The fourth-order valence-electron chi connectivity index (χ4n) is 8.20. The molecular weight excluding hydrogens is 1250 g/mol. The molecule has 0 radical (unpaired) electrons. The molecule has 1 aliphatic carbocycles. The lowest BCUT2D eigenvalue weighted by atomic mass is 9.83.